The molecule has 0 saturated carbocycles. The summed E-state index contributed by atoms with van der Waals surface area (Å²) in [6, 6.07) is 15.8. The largest absolute Gasteiger partial charge is 0.339 e. The number of likely N-dealkylation sites (tertiary alicyclic amines) is 1. The minimum Gasteiger partial charge on any atom is -0.339 e. The van der Waals surface area contributed by atoms with Crippen LogP contribution in [0.5, 0.6) is 0 Å². The molecule has 1 atom stereocenters. The predicted octanol–water partition coefficient (Wildman–Crippen LogP) is 3.45. The van der Waals surface area contributed by atoms with E-state index < -0.39 is 0 Å². The maximum Gasteiger partial charge on any atom is 0.274 e. The molecule has 1 aliphatic rings. The van der Waals surface area contributed by atoms with Crippen molar-refractivity contribution in [2.75, 3.05) is 20.1 Å². The van der Waals surface area contributed by atoms with Gasteiger partial charge < -0.3 is 9.80 Å². The molecule has 1 aromatic carbocycles. The number of piperidine rings is 1. The molecular formula is C27H31N5O2. The average molecular weight is 458 g/mol. The average Bonchev–Trinajstić information content (AvgIpc) is 3.32. The van der Waals surface area contributed by atoms with Gasteiger partial charge in [-0.25, -0.2) is 0 Å². The molecule has 0 spiro atoms. The molecule has 3 heterocycles. The molecule has 34 heavy (non-hydrogen) atoms. The Morgan fingerprint density at radius 2 is 1.88 bits per heavy atom. The molecule has 2 aromatic heterocycles. The van der Waals surface area contributed by atoms with E-state index in [-0.39, 0.29) is 17.9 Å². The zero-order chi connectivity index (χ0) is 23.9. The minimum absolute atomic E-state index is 0.0137. The van der Waals surface area contributed by atoms with Crippen molar-refractivity contribution in [3.8, 4) is 0 Å². The van der Waals surface area contributed by atoms with Gasteiger partial charge in [0.05, 0.1) is 0 Å². The predicted molar refractivity (Wildman–Crippen MR) is 132 cm³/mol. The van der Waals surface area contributed by atoms with E-state index >= 15 is 0 Å². The molecule has 2 amide bonds. The van der Waals surface area contributed by atoms with Crippen molar-refractivity contribution in [1.82, 2.24) is 24.6 Å². The summed E-state index contributed by atoms with van der Waals surface area (Å²) in [5.41, 5.74) is 2.56. The van der Waals surface area contributed by atoms with Crippen LogP contribution in [0.15, 0.2) is 73.2 Å². The summed E-state index contributed by atoms with van der Waals surface area (Å²) in [6.45, 7) is 1.36. The Kier molecular flexibility index (Phi) is 7.52. The molecule has 1 fully saturated rings. The van der Waals surface area contributed by atoms with Crippen molar-refractivity contribution in [2.24, 2.45) is 13.0 Å². The van der Waals surface area contributed by atoms with E-state index in [1.807, 2.05) is 54.2 Å². The molecule has 0 bridgehead atoms. The van der Waals surface area contributed by atoms with Crippen LogP contribution in [0.25, 0.3) is 6.08 Å². The van der Waals surface area contributed by atoms with Crippen LogP contribution < -0.4 is 0 Å². The molecule has 7 nitrogen and oxygen atoms in total. The van der Waals surface area contributed by atoms with Crippen LogP contribution in [-0.4, -0.2) is 62.6 Å². The lowest BCUT2D eigenvalue weighted by molar-refractivity contribution is -0.127. The number of carbonyl (C=O) groups excluding carboxylic acids is 2. The molecule has 7 heteroatoms. The van der Waals surface area contributed by atoms with Gasteiger partial charge in [0.1, 0.15) is 5.69 Å². The van der Waals surface area contributed by atoms with Crippen molar-refractivity contribution in [3.05, 3.63) is 90.0 Å². The van der Waals surface area contributed by atoms with Crippen LogP contribution in [0.1, 0.15) is 34.5 Å². The summed E-state index contributed by atoms with van der Waals surface area (Å²) in [5, 5.41) is 4.31. The van der Waals surface area contributed by atoms with Crippen LogP contribution in [-0.2, 0) is 18.3 Å². The Hall–Kier alpha value is -3.74. The lowest BCUT2D eigenvalue weighted by Crippen LogP contribution is -2.48. The molecule has 1 unspecified atom stereocenters. The van der Waals surface area contributed by atoms with Gasteiger partial charge >= 0.3 is 0 Å². The first-order chi connectivity index (χ1) is 16.5. The van der Waals surface area contributed by atoms with E-state index in [0.717, 1.165) is 24.8 Å². The number of pyridine rings is 1. The molecule has 1 aliphatic heterocycles. The van der Waals surface area contributed by atoms with Gasteiger partial charge in [0.15, 0.2) is 0 Å². The molecular weight excluding hydrogens is 426 g/mol. The number of likely N-dealkylation sites (N-methyl/N-ethyl adjacent to an activating group) is 1. The molecule has 0 radical (unpaired) electrons. The van der Waals surface area contributed by atoms with Crippen LogP contribution >= 0.6 is 0 Å². The van der Waals surface area contributed by atoms with Crippen molar-refractivity contribution in [3.63, 3.8) is 0 Å². The van der Waals surface area contributed by atoms with Crippen LogP contribution in [0.4, 0.5) is 0 Å². The smallest absolute Gasteiger partial charge is 0.274 e. The Balaban J connectivity index is 1.44. The van der Waals surface area contributed by atoms with Gasteiger partial charge in [0, 0.05) is 57.9 Å². The van der Waals surface area contributed by atoms with Crippen molar-refractivity contribution in [2.45, 2.75) is 25.3 Å². The maximum atomic E-state index is 13.2. The zero-order valence-electron chi connectivity index (χ0n) is 19.7. The second kappa shape index (κ2) is 10.9. The highest BCUT2D eigenvalue weighted by atomic mass is 16.2. The lowest BCUT2D eigenvalue weighted by atomic mass is 9.84. The van der Waals surface area contributed by atoms with Gasteiger partial charge in [-0.15, -0.1) is 0 Å². The topological polar surface area (TPSA) is 71.3 Å². The third kappa shape index (κ3) is 5.78. The number of aryl methyl sites for hydroxylation is 1. The Morgan fingerprint density at radius 1 is 1.12 bits per heavy atom. The van der Waals surface area contributed by atoms with E-state index in [0.29, 0.717) is 24.7 Å². The summed E-state index contributed by atoms with van der Waals surface area (Å²) >= 11 is 0. The van der Waals surface area contributed by atoms with E-state index in [1.165, 1.54) is 5.56 Å². The summed E-state index contributed by atoms with van der Waals surface area (Å²) in [7, 11) is 3.69. The van der Waals surface area contributed by atoms with Gasteiger partial charge in [-0.05, 0) is 54.5 Å². The highest BCUT2D eigenvalue weighted by Crippen LogP contribution is 2.27. The van der Waals surface area contributed by atoms with E-state index in [1.54, 1.807) is 41.5 Å². The zero-order valence-corrected chi connectivity index (χ0v) is 19.7. The molecule has 0 aliphatic carbocycles. The van der Waals surface area contributed by atoms with Crippen LogP contribution in [0.3, 0.4) is 0 Å². The van der Waals surface area contributed by atoms with Gasteiger partial charge in [-0.2, -0.15) is 5.10 Å². The summed E-state index contributed by atoms with van der Waals surface area (Å²) in [6.07, 6.45) is 11.1. The number of rotatable bonds is 7. The lowest BCUT2D eigenvalue weighted by Gasteiger charge is -2.39. The molecule has 4 rings (SSSR count). The summed E-state index contributed by atoms with van der Waals surface area (Å²) < 4.78 is 1.65. The first-order valence-corrected chi connectivity index (χ1v) is 11.7. The van der Waals surface area contributed by atoms with E-state index in [4.69, 9.17) is 0 Å². The molecule has 1 saturated heterocycles. The van der Waals surface area contributed by atoms with Gasteiger partial charge in [-0.1, -0.05) is 36.4 Å². The highest BCUT2D eigenvalue weighted by molar-refractivity contribution is 5.92. The highest BCUT2D eigenvalue weighted by Gasteiger charge is 2.33. The first kappa shape index (κ1) is 23.4. The second-order valence-electron chi connectivity index (χ2n) is 8.83. The van der Waals surface area contributed by atoms with Crippen LogP contribution in [0, 0.1) is 5.92 Å². The van der Waals surface area contributed by atoms with E-state index in [9.17, 15) is 9.59 Å². The standard InChI is InChI=1S/C27H31N5O2/c1-30-16-14-24(29-30)27(34)31(2)25(19-21-7-4-3-5-8-21)23-12-17-32(18-13-23)26(33)11-10-22-9-6-15-28-20-22/h3-11,14-16,20,23,25H,12-13,17-19H2,1-2H3/b11-10+. The number of benzene rings is 1. The first-order valence-electron chi connectivity index (χ1n) is 11.7. The Morgan fingerprint density at radius 3 is 2.53 bits per heavy atom. The normalized spacial score (nSPS) is 15.4. The minimum atomic E-state index is -0.0700. The number of amides is 2. The molecule has 176 valence electrons. The second-order valence-corrected chi connectivity index (χ2v) is 8.83. The molecule has 0 N–H and O–H groups in total. The van der Waals surface area contributed by atoms with E-state index in [2.05, 4.69) is 22.2 Å². The fourth-order valence-electron chi connectivity index (χ4n) is 4.59. The number of nitrogens with zero attached hydrogens (tertiary/aromatic N) is 5. The quantitative estimate of drug-likeness (QED) is 0.510. The number of aromatic nitrogens is 3. The van der Waals surface area contributed by atoms with Crippen molar-refractivity contribution >= 4 is 17.9 Å². The SMILES string of the molecule is CN(C(=O)c1ccn(C)n1)C(Cc1ccccc1)C1CCN(C(=O)/C=C/c2cccnc2)CC1. The summed E-state index contributed by atoms with van der Waals surface area (Å²) in [5.74, 6) is 0.239. The van der Waals surface area contributed by atoms with Gasteiger partial charge in [0.25, 0.3) is 5.91 Å². The Bertz CT molecular complexity index is 1120. The fraction of sp³-hybridized carbons (Fsp3) is 0.333. The Labute approximate surface area is 200 Å². The van der Waals surface area contributed by atoms with Gasteiger partial charge in [0.2, 0.25) is 5.91 Å². The third-order valence-corrected chi connectivity index (χ3v) is 6.54. The number of hydrogen-bond donors (Lipinski definition) is 0. The number of carbonyl (C=O) groups is 2. The van der Waals surface area contributed by atoms with Crippen LogP contribution in [0.2, 0.25) is 0 Å². The fourth-order valence-corrected chi connectivity index (χ4v) is 4.59. The third-order valence-electron chi connectivity index (χ3n) is 6.54. The maximum absolute atomic E-state index is 13.2. The van der Waals surface area contributed by atoms with Crippen molar-refractivity contribution in [1.29, 1.82) is 0 Å². The monoisotopic (exact) mass is 457 g/mol. The number of hydrogen-bond acceptors (Lipinski definition) is 4. The summed E-state index contributed by atoms with van der Waals surface area (Å²) in [4.78, 5) is 33.7. The molecule has 3 aromatic rings. The van der Waals surface area contributed by atoms with Gasteiger partial charge in [-0.3, -0.25) is 19.3 Å². The van der Waals surface area contributed by atoms with Crippen molar-refractivity contribution < 1.29 is 9.59 Å².